The topological polar surface area (TPSA) is 9.23 Å². The van der Waals surface area contributed by atoms with E-state index in [-0.39, 0.29) is 0 Å². The average molecular weight is 126 g/mol. The van der Waals surface area contributed by atoms with Gasteiger partial charge >= 0.3 is 0 Å². The summed E-state index contributed by atoms with van der Waals surface area (Å²) in [6.45, 7) is 0. The molecule has 1 unspecified atom stereocenters. The molecule has 0 bridgehead atoms. The first kappa shape index (κ1) is 5.58. The van der Waals surface area contributed by atoms with Gasteiger partial charge in [0.05, 0.1) is 9.47 Å². The van der Waals surface area contributed by atoms with Gasteiger partial charge in [-0.3, -0.25) is 0 Å². The lowest BCUT2D eigenvalue weighted by atomic mass is 10.3. The molecule has 0 aromatic heterocycles. The van der Waals surface area contributed by atoms with Crippen molar-refractivity contribution in [2.75, 3.05) is 0 Å². The summed E-state index contributed by atoms with van der Waals surface area (Å²) in [7, 11) is 2.19. The first-order valence-electron chi connectivity index (χ1n) is 2.35. The Balaban J connectivity index is 2.83. The lowest BCUT2D eigenvalue weighted by Crippen LogP contribution is -1.68. The Hall–Kier alpha value is -0.550. The summed E-state index contributed by atoms with van der Waals surface area (Å²) in [4.78, 5) is 0. The molecule has 0 aliphatic carbocycles. The standard InChI is InChI=1S/C6H7OP/c8-7-6-4-2-1-3-5-6/h1-5H,8H2. The summed E-state index contributed by atoms with van der Waals surface area (Å²) in [5, 5.41) is 0. The molecule has 1 nitrogen and oxygen atoms in total. The van der Waals surface area contributed by atoms with Crippen LogP contribution in [0.15, 0.2) is 30.3 Å². The molecule has 0 aliphatic rings. The Labute approximate surface area is 51.0 Å². The van der Waals surface area contributed by atoms with Crippen molar-refractivity contribution < 1.29 is 4.52 Å². The molecule has 0 fully saturated rings. The zero-order valence-electron chi connectivity index (χ0n) is 4.37. The van der Waals surface area contributed by atoms with Crippen molar-refractivity contribution in [2.45, 2.75) is 0 Å². The molecule has 8 heavy (non-hydrogen) atoms. The maximum absolute atomic E-state index is 4.83. The molecule has 0 heterocycles. The van der Waals surface area contributed by atoms with E-state index in [1.807, 2.05) is 30.3 Å². The van der Waals surface area contributed by atoms with Gasteiger partial charge in [-0.15, -0.1) is 0 Å². The third-order valence-corrected chi connectivity index (χ3v) is 1.15. The Morgan fingerprint density at radius 3 is 2.12 bits per heavy atom. The van der Waals surface area contributed by atoms with Crippen molar-refractivity contribution in [3.8, 4) is 5.75 Å². The van der Waals surface area contributed by atoms with Crippen LogP contribution in [-0.4, -0.2) is 0 Å². The third kappa shape index (κ3) is 1.21. The van der Waals surface area contributed by atoms with Crippen molar-refractivity contribution in [3.63, 3.8) is 0 Å². The van der Waals surface area contributed by atoms with E-state index in [1.165, 1.54) is 0 Å². The Morgan fingerprint density at radius 1 is 1.12 bits per heavy atom. The van der Waals surface area contributed by atoms with Crippen molar-refractivity contribution in [3.05, 3.63) is 30.3 Å². The monoisotopic (exact) mass is 126 g/mol. The van der Waals surface area contributed by atoms with Crippen molar-refractivity contribution >= 4 is 9.47 Å². The minimum atomic E-state index is 0.873. The smallest absolute Gasteiger partial charge is 0.122 e. The van der Waals surface area contributed by atoms with Crippen LogP contribution in [0.5, 0.6) is 5.75 Å². The van der Waals surface area contributed by atoms with Crippen LogP contribution in [0.1, 0.15) is 0 Å². The molecule has 0 radical (unpaired) electrons. The average Bonchev–Trinajstić information content (AvgIpc) is 1.90. The fourth-order valence-corrected chi connectivity index (χ4v) is 0.656. The molecule has 0 N–H and O–H groups in total. The largest absolute Gasteiger partial charge is 0.480 e. The molecule has 0 saturated heterocycles. The highest BCUT2D eigenvalue weighted by Gasteiger charge is 1.80. The first-order valence-corrected chi connectivity index (χ1v) is 2.82. The Bertz CT molecular complexity index is 150. The van der Waals surface area contributed by atoms with E-state index in [9.17, 15) is 0 Å². The quantitative estimate of drug-likeness (QED) is 0.522. The fourth-order valence-electron chi connectivity index (χ4n) is 0.499. The molecule has 0 spiro atoms. The molecule has 42 valence electrons. The summed E-state index contributed by atoms with van der Waals surface area (Å²) in [6, 6.07) is 9.60. The minimum absolute atomic E-state index is 0.873. The van der Waals surface area contributed by atoms with Crippen molar-refractivity contribution in [2.24, 2.45) is 0 Å². The fraction of sp³-hybridized carbons (Fsp3) is 0. The molecule has 1 atom stereocenters. The number of hydrogen-bond acceptors (Lipinski definition) is 1. The van der Waals surface area contributed by atoms with Gasteiger partial charge in [-0.05, 0) is 12.1 Å². The van der Waals surface area contributed by atoms with Crippen LogP contribution in [0.2, 0.25) is 0 Å². The van der Waals surface area contributed by atoms with Crippen LogP contribution in [0.25, 0.3) is 0 Å². The van der Waals surface area contributed by atoms with Crippen LogP contribution in [0.3, 0.4) is 0 Å². The number of rotatable bonds is 1. The molecule has 2 heteroatoms. The van der Waals surface area contributed by atoms with E-state index < -0.39 is 0 Å². The van der Waals surface area contributed by atoms with Crippen LogP contribution in [0.4, 0.5) is 0 Å². The SMILES string of the molecule is POc1ccccc1. The molecule has 1 aromatic carbocycles. The minimum Gasteiger partial charge on any atom is -0.480 e. The van der Waals surface area contributed by atoms with E-state index in [1.54, 1.807) is 0 Å². The summed E-state index contributed by atoms with van der Waals surface area (Å²) >= 11 is 0. The van der Waals surface area contributed by atoms with Gasteiger partial charge in [0, 0.05) is 0 Å². The second kappa shape index (κ2) is 2.68. The normalized spacial score (nSPS) is 8.62. The van der Waals surface area contributed by atoms with E-state index in [4.69, 9.17) is 4.52 Å². The Morgan fingerprint density at radius 2 is 1.75 bits per heavy atom. The summed E-state index contributed by atoms with van der Waals surface area (Å²) in [5.41, 5.74) is 0. The van der Waals surface area contributed by atoms with Gasteiger partial charge in [0.15, 0.2) is 0 Å². The number of benzene rings is 1. The lowest BCUT2D eigenvalue weighted by Gasteiger charge is -1.93. The van der Waals surface area contributed by atoms with Gasteiger partial charge in [0.25, 0.3) is 0 Å². The highest BCUT2D eigenvalue weighted by Crippen LogP contribution is 2.09. The zero-order chi connectivity index (χ0) is 5.82. The van der Waals surface area contributed by atoms with E-state index in [0.717, 1.165) is 5.75 Å². The van der Waals surface area contributed by atoms with Crippen LogP contribution in [-0.2, 0) is 0 Å². The van der Waals surface area contributed by atoms with Crippen LogP contribution >= 0.6 is 9.47 Å². The highest BCUT2D eigenvalue weighted by molar-refractivity contribution is 7.10. The summed E-state index contributed by atoms with van der Waals surface area (Å²) in [6.07, 6.45) is 0. The van der Waals surface area contributed by atoms with Gasteiger partial charge in [-0.25, -0.2) is 0 Å². The van der Waals surface area contributed by atoms with Gasteiger partial charge in [-0.2, -0.15) is 0 Å². The number of para-hydroxylation sites is 1. The molecular formula is C6H7OP. The maximum atomic E-state index is 4.83. The second-order valence-electron chi connectivity index (χ2n) is 1.43. The second-order valence-corrected chi connectivity index (χ2v) is 1.67. The first-order chi connectivity index (χ1) is 3.93. The lowest BCUT2D eigenvalue weighted by molar-refractivity contribution is 0.646. The molecule has 1 aromatic rings. The van der Waals surface area contributed by atoms with Crippen molar-refractivity contribution in [1.82, 2.24) is 0 Å². The molecule has 0 saturated carbocycles. The van der Waals surface area contributed by atoms with Crippen molar-refractivity contribution in [1.29, 1.82) is 0 Å². The van der Waals surface area contributed by atoms with Crippen LogP contribution < -0.4 is 4.52 Å². The van der Waals surface area contributed by atoms with Gasteiger partial charge in [-0.1, -0.05) is 18.2 Å². The molecule has 0 amide bonds. The van der Waals surface area contributed by atoms with E-state index >= 15 is 0 Å². The van der Waals surface area contributed by atoms with Gasteiger partial charge in [0.2, 0.25) is 0 Å². The van der Waals surface area contributed by atoms with E-state index in [0.29, 0.717) is 0 Å². The predicted octanol–water partition coefficient (Wildman–Crippen LogP) is 1.86. The summed E-state index contributed by atoms with van der Waals surface area (Å²) < 4.78 is 4.83. The van der Waals surface area contributed by atoms with Crippen LogP contribution in [0, 0.1) is 0 Å². The molecule has 1 rings (SSSR count). The maximum Gasteiger partial charge on any atom is 0.122 e. The predicted molar refractivity (Wildman–Crippen MR) is 36.8 cm³/mol. The molecular weight excluding hydrogens is 119 g/mol. The highest BCUT2D eigenvalue weighted by atomic mass is 31.0. The van der Waals surface area contributed by atoms with Gasteiger partial charge in [0.1, 0.15) is 5.75 Å². The number of hydrogen-bond donors (Lipinski definition) is 0. The zero-order valence-corrected chi connectivity index (χ0v) is 5.53. The molecule has 0 aliphatic heterocycles. The third-order valence-electron chi connectivity index (χ3n) is 0.879. The Kier molecular flexibility index (Phi) is 1.87. The van der Waals surface area contributed by atoms with Gasteiger partial charge < -0.3 is 4.52 Å². The summed E-state index contributed by atoms with van der Waals surface area (Å²) in [5.74, 6) is 0.873. The van der Waals surface area contributed by atoms with E-state index in [2.05, 4.69) is 9.47 Å².